The summed E-state index contributed by atoms with van der Waals surface area (Å²) in [6.45, 7) is 0. The minimum atomic E-state index is -0.207. The van der Waals surface area contributed by atoms with Crippen molar-refractivity contribution in [2.75, 3.05) is 11.9 Å². The van der Waals surface area contributed by atoms with Gasteiger partial charge in [0, 0.05) is 18.8 Å². The number of hydrogen-bond acceptors (Lipinski definition) is 4. The number of aromatic nitrogens is 2. The Bertz CT molecular complexity index is 703. The van der Waals surface area contributed by atoms with Crippen molar-refractivity contribution < 1.29 is 4.79 Å². The van der Waals surface area contributed by atoms with Gasteiger partial charge in [0.25, 0.3) is 5.91 Å². The summed E-state index contributed by atoms with van der Waals surface area (Å²) < 4.78 is 0.993. The van der Waals surface area contributed by atoms with Crippen LogP contribution in [0.15, 0.2) is 16.9 Å². The molecule has 2 aromatic rings. The second-order valence-electron chi connectivity index (χ2n) is 5.66. The molecule has 1 aliphatic heterocycles. The number of amides is 1. The van der Waals surface area contributed by atoms with Crippen molar-refractivity contribution in [1.82, 2.24) is 15.5 Å². The van der Waals surface area contributed by atoms with Crippen LogP contribution in [0.25, 0.3) is 10.4 Å². The number of anilines is 1. The van der Waals surface area contributed by atoms with Crippen LogP contribution >= 0.6 is 27.3 Å². The first-order valence-corrected chi connectivity index (χ1v) is 8.61. The zero-order chi connectivity index (χ0) is 14.6. The predicted molar refractivity (Wildman–Crippen MR) is 86.7 cm³/mol. The highest BCUT2D eigenvalue weighted by Crippen LogP contribution is 2.50. The van der Waals surface area contributed by atoms with Crippen molar-refractivity contribution >= 4 is 38.9 Å². The summed E-state index contributed by atoms with van der Waals surface area (Å²) in [6.07, 6.45) is 7.99. The van der Waals surface area contributed by atoms with E-state index in [1.165, 1.54) is 11.3 Å². The molecule has 0 aromatic carbocycles. The van der Waals surface area contributed by atoms with Gasteiger partial charge >= 0.3 is 0 Å². The number of H-pyrrole nitrogens is 1. The van der Waals surface area contributed by atoms with Crippen molar-refractivity contribution in [2.45, 2.75) is 31.3 Å². The maximum absolute atomic E-state index is 12.6. The van der Waals surface area contributed by atoms with Crippen LogP contribution in [0.2, 0.25) is 0 Å². The van der Waals surface area contributed by atoms with E-state index in [4.69, 9.17) is 0 Å². The largest absolute Gasteiger partial charge is 0.350 e. The number of fused-ring (bicyclic) bond motifs is 1. The Hall–Kier alpha value is -1.34. The van der Waals surface area contributed by atoms with Crippen LogP contribution in [0.1, 0.15) is 35.4 Å². The first-order chi connectivity index (χ1) is 10.1. The summed E-state index contributed by atoms with van der Waals surface area (Å²) in [4.78, 5) is 16.6. The number of hydrogen-bond donors (Lipinski definition) is 2. The highest BCUT2D eigenvalue weighted by molar-refractivity contribution is 9.10. The third-order valence-corrected chi connectivity index (χ3v) is 6.81. The summed E-state index contributed by atoms with van der Waals surface area (Å²) in [6, 6.07) is 0. The normalized spacial score (nSPS) is 19.9. The SMILES string of the molecule is CN1c2c(sc(-c3cn[nH]c3)c2Br)C(=O)NC12CCCC2. The van der Waals surface area contributed by atoms with Gasteiger partial charge in [0.1, 0.15) is 10.5 Å². The molecular formula is C14H15BrN4OS. The summed E-state index contributed by atoms with van der Waals surface area (Å²) in [5, 5.41) is 10.1. The Morgan fingerprint density at radius 3 is 2.81 bits per heavy atom. The minimum Gasteiger partial charge on any atom is -0.350 e. The van der Waals surface area contributed by atoms with Crippen molar-refractivity contribution in [3.63, 3.8) is 0 Å². The van der Waals surface area contributed by atoms with E-state index < -0.39 is 0 Å². The van der Waals surface area contributed by atoms with Crippen LogP contribution < -0.4 is 10.2 Å². The minimum absolute atomic E-state index is 0.0467. The Morgan fingerprint density at radius 1 is 1.38 bits per heavy atom. The van der Waals surface area contributed by atoms with Crippen LogP contribution in [0, 0.1) is 0 Å². The van der Waals surface area contributed by atoms with E-state index in [9.17, 15) is 4.79 Å². The van der Waals surface area contributed by atoms with Crippen LogP contribution in [-0.4, -0.2) is 28.8 Å². The molecule has 1 fully saturated rings. The molecule has 1 saturated carbocycles. The fraction of sp³-hybridized carbons (Fsp3) is 0.429. The van der Waals surface area contributed by atoms with E-state index in [1.807, 2.05) is 6.20 Å². The highest BCUT2D eigenvalue weighted by Gasteiger charge is 2.46. The number of carbonyl (C=O) groups is 1. The number of carbonyl (C=O) groups excluding carboxylic acids is 1. The molecule has 0 unspecified atom stereocenters. The molecule has 1 aliphatic carbocycles. The molecule has 4 rings (SSSR count). The van der Waals surface area contributed by atoms with E-state index in [-0.39, 0.29) is 11.6 Å². The quantitative estimate of drug-likeness (QED) is 0.813. The molecule has 1 spiro atoms. The van der Waals surface area contributed by atoms with Crippen LogP contribution in [-0.2, 0) is 0 Å². The second-order valence-corrected chi connectivity index (χ2v) is 7.48. The van der Waals surface area contributed by atoms with Crippen LogP contribution in [0.4, 0.5) is 5.69 Å². The summed E-state index contributed by atoms with van der Waals surface area (Å²) in [5.41, 5.74) is 1.81. The zero-order valence-corrected chi connectivity index (χ0v) is 14.0. The lowest BCUT2D eigenvalue weighted by Gasteiger charge is -2.44. The van der Waals surface area contributed by atoms with E-state index in [2.05, 4.69) is 43.4 Å². The van der Waals surface area contributed by atoms with Gasteiger partial charge < -0.3 is 10.2 Å². The monoisotopic (exact) mass is 366 g/mol. The highest BCUT2D eigenvalue weighted by atomic mass is 79.9. The summed E-state index contributed by atoms with van der Waals surface area (Å²) >= 11 is 5.22. The van der Waals surface area contributed by atoms with E-state index in [1.54, 1.807) is 6.20 Å². The number of halogens is 1. The number of nitrogens with zero attached hydrogens (tertiary/aromatic N) is 2. The van der Waals surface area contributed by atoms with Gasteiger partial charge in [-0.25, -0.2) is 0 Å². The van der Waals surface area contributed by atoms with Gasteiger partial charge in [-0.15, -0.1) is 11.3 Å². The molecule has 2 aliphatic rings. The van der Waals surface area contributed by atoms with E-state index in [0.29, 0.717) is 0 Å². The number of rotatable bonds is 1. The van der Waals surface area contributed by atoms with Crippen LogP contribution in [0.5, 0.6) is 0 Å². The summed E-state index contributed by atoms with van der Waals surface area (Å²) in [7, 11) is 2.08. The zero-order valence-electron chi connectivity index (χ0n) is 11.6. The Kier molecular flexibility index (Phi) is 2.91. The van der Waals surface area contributed by atoms with Gasteiger partial charge in [-0.3, -0.25) is 9.89 Å². The Balaban J connectivity index is 1.88. The molecule has 2 N–H and O–H groups in total. The molecule has 1 amide bonds. The van der Waals surface area contributed by atoms with Gasteiger partial charge in [-0.05, 0) is 41.6 Å². The average molecular weight is 367 g/mol. The summed E-state index contributed by atoms with van der Waals surface area (Å²) in [5.74, 6) is 0.0467. The molecule has 3 heterocycles. The number of aromatic amines is 1. The molecule has 21 heavy (non-hydrogen) atoms. The lowest BCUT2D eigenvalue weighted by Crippen LogP contribution is -2.61. The van der Waals surface area contributed by atoms with Gasteiger partial charge in [-0.1, -0.05) is 0 Å². The smallest absolute Gasteiger partial charge is 0.265 e. The molecule has 0 atom stereocenters. The lowest BCUT2D eigenvalue weighted by atomic mass is 10.0. The van der Waals surface area contributed by atoms with E-state index >= 15 is 0 Å². The molecule has 7 heteroatoms. The third kappa shape index (κ3) is 1.80. The van der Waals surface area contributed by atoms with Crippen molar-refractivity contribution in [2.24, 2.45) is 0 Å². The van der Waals surface area contributed by atoms with Crippen molar-refractivity contribution in [1.29, 1.82) is 0 Å². The molecular weight excluding hydrogens is 352 g/mol. The fourth-order valence-electron chi connectivity index (χ4n) is 3.40. The van der Waals surface area contributed by atoms with Crippen molar-refractivity contribution in [3.05, 3.63) is 21.7 Å². The molecule has 5 nitrogen and oxygen atoms in total. The predicted octanol–water partition coefficient (Wildman–Crippen LogP) is 3.35. The molecule has 0 radical (unpaired) electrons. The number of nitrogens with one attached hydrogen (secondary N) is 2. The molecule has 0 saturated heterocycles. The first-order valence-electron chi connectivity index (χ1n) is 7.00. The number of thiophene rings is 1. The Morgan fingerprint density at radius 2 is 2.14 bits per heavy atom. The molecule has 2 aromatic heterocycles. The standard InChI is InChI=1S/C14H15BrN4OS/c1-19-10-9(15)11(8-6-16-17-7-8)21-12(10)13(20)18-14(19)4-2-3-5-14/h6-7H,2-5H2,1H3,(H,16,17)(H,18,20). The second kappa shape index (κ2) is 4.58. The van der Waals surface area contributed by atoms with E-state index in [0.717, 1.165) is 51.2 Å². The van der Waals surface area contributed by atoms with Gasteiger partial charge in [0.05, 0.1) is 21.2 Å². The molecule has 0 bridgehead atoms. The third-order valence-electron chi connectivity index (χ3n) is 4.55. The van der Waals surface area contributed by atoms with Crippen molar-refractivity contribution in [3.8, 4) is 10.4 Å². The fourth-order valence-corrected chi connectivity index (χ4v) is 5.57. The van der Waals surface area contributed by atoms with Gasteiger partial charge in [-0.2, -0.15) is 5.10 Å². The van der Waals surface area contributed by atoms with Crippen LogP contribution in [0.3, 0.4) is 0 Å². The first kappa shape index (κ1) is 13.3. The maximum atomic E-state index is 12.6. The Labute approximate surface area is 134 Å². The van der Waals surface area contributed by atoms with Gasteiger partial charge in [0.2, 0.25) is 0 Å². The van der Waals surface area contributed by atoms with Gasteiger partial charge in [0.15, 0.2) is 0 Å². The lowest BCUT2D eigenvalue weighted by molar-refractivity contribution is 0.0890. The molecule has 110 valence electrons. The topological polar surface area (TPSA) is 61.0 Å². The maximum Gasteiger partial charge on any atom is 0.265 e. The average Bonchev–Trinajstić information content (AvgIpc) is 3.16.